The Hall–Kier alpha value is -1.72. The fraction of sp³-hybridized carbons (Fsp3) is 0.583. The van der Waals surface area contributed by atoms with Crippen molar-refractivity contribution < 1.29 is 23.4 Å². The van der Waals surface area contributed by atoms with Gasteiger partial charge in [0, 0.05) is 30.8 Å². The van der Waals surface area contributed by atoms with Gasteiger partial charge in [-0.05, 0) is 69.7 Å². The summed E-state index contributed by atoms with van der Waals surface area (Å²) >= 11 is 2.18. The molecule has 0 radical (unpaired) electrons. The highest BCUT2D eigenvalue weighted by molar-refractivity contribution is 14.1. The van der Waals surface area contributed by atoms with E-state index in [2.05, 4.69) is 27.2 Å². The highest BCUT2D eigenvalue weighted by Crippen LogP contribution is 2.37. The normalized spacial score (nSPS) is 22.4. The van der Waals surface area contributed by atoms with Gasteiger partial charge in [0.1, 0.15) is 27.0 Å². The molecule has 1 aromatic heterocycles. The third kappa shape index (κ3) is 5.05. The summed E-state index contributed by atoms with van der Waals surface area (Å²) in [5, 5.41) is 0. The molecule has 0 saturated carbocycles. The van der Waals surface area contributed by atoms with Gasteiger partial charge in [-0.3, -0.25) is 4.90 Å². The molecular formula is C24H31FIN3O4. The third-order valence-electron chi connectivity index (χ3n) is 5.86. The lowest BCUT2D eigenvalue weighted by Gasteiger charge is -2.37. The van der Waals surface area contributed by atoms with Crippen LogP contribution >= 0.6 is 22.6 Å². The molecule has 2 aliphatic rings. The average molecular weight is 571 g/mol. The van der Waals surface area contributed by atoms with E-state index in [4.69, 9.17) is 19.2 Å². The zero-order valence-corrected chi connectivity index (χ0v) is 22.1. The van der Waals surface area contributed by atoms with Crippen LogP contribution in [0, 0.1) is 16.4 Å². The fourth-order valence-electron chi connectivity index (χ4n) is 4.39. The minimum Gasteiger partial charge on any atom is -0.444 e. The number of carbonyl (C=O) groups is 1. The Kier molecular flexibility index (Phi) is 6.52. The van der Waals surface area contributed by atoms with Gasteiger partial charge in [0.2, 0.25) is 0 Å². The first-order valence-corrected chi connectivity index (χ1v) is 12.3. The van der Waals surface area contributed by atoms with Crippen LogP contribution in [-0.2, 0) is 27.2 Å². The summed E-state index contributed by atoms with van der Waals surface area (Å²) in [5.41, 5.74) is 1.28. The summed E-state index contributed by atoms with van der Waals surface area (Å²) in [6, 6.07) is 4.62. The zero-order chi connectivity index (χ0) is 24.1. The first-order valence-electron chi connectivity index (χ1n) is 11.2. The number of hydrogen-bond acceptors (Lipinski definition) is 5. The molecule has 3 heterocycles. The van der Waals surface area contributed by atoms with Crippen molar-refractivity contribution in [1.29, 1.82) is 0 Å². The Morgan fingerprint density at radius 2 is 2.06 bits per heavy atom. The first-order chi connectivity index (χ1) is 15.4. The Morgan fingerprint density at radius 1 is 1.33 bits per heavy atom. The molecule has 2 atom stereocenters. The van der Waals surface area contributed by atoms with Gasteiger partial charge in [-0.1, -0.05) is 18.2 Å². The molecule has 0 aliphatic carbocycles. The maximum atomic E-state index is 16.0. The number of aromatic nitrogens is 2. The van der Waals surface area contributed by atoms with Crippen molar-refractivity contribution in [2.75, 3.05) is 13.2 Å². The standard InChI is InChI=1S/C24H31FIN3O4/c1-14-20(26)27-21-19(29(11-10-28(14)21)22(30)33-23(2,3)4)17-9-7-8-15(18(17)25)12-16-13-31-24(5,6)32-16/h7-9,16,19H,10-13H2,1-6H3. The number of amides is 1. The molecule has 1 aromatic carbocycles. The van der Waals surface area contributed by atoms with E-state index in [0.717, 1.165) is 9.39 Å². The molecule has 1 amide bonds. The molecule has 2 aliphatic heterocycles. The molecule has 7 nitrogen and oxygen atoms in total. The van der Waals surface area contributed by atoms with E-state index >= 15 is 4.39 Å². The van der Waals surface area contributed by atoms with Crippen molar-refractivity contribution in [3.8, 4) is 0 Å². The molecule has 1 fully saturated rings. The molecule has 33 heavy (non-hydrogen) atoms. The second kappa shape index (κ2) is 8.81. The van der Waals surface area contributed by atoms with Gasteiger partial charge in [-0.15, -0.1) is 0 Å². The lowest BCUT2D eigenvalue weighted by atomic mass is 9.97. The van der Waals surface area contributed by atoms with Crippen LogP contribution in [0.25, 0.3) is 0 Å². The molecule has 0 spiro atoms. The Morgan fingerprint density at radius 3 is 2.70 bits per heavy atom. The molecule has 2 unspecified atom stereocenters. The van der Waals surface area contributed by atoms with Crippen molar-refractivity contribution >= 4 is 28.7 Å². The highest BCUT2D eigenvalue weighted by atomic mass is 127. The summed E-state index contributed by atoms with van der Waals surface area (Å²) in [5.74, 6) is -0.380. The van der Waals surface area contributed by atoms with Crippen LogP contribution in [0.15, 0.2) is 18.2 Å². The second-order valence-electron chi connectivity index (χ2n) is 10.0. The number of rotatable bonds is 3. The number of fused-ring (bicyclic) bond motifs is 1. The van der Waals surface area contributed by atoms with Crippen molar-refractivity contribution in [2.45, 2.75) is 78.0 Å². The Bertz CT molecular complexity index is 1060. The molecular weight excluding hydrogens is 540 g/mol. The quantitative estimate of drug-likeness (QED) is 0.487. The van der Waals surface area contributed by atoms with E-state index in [1.807, 2.05) is 47.6 Å². The number of halogens is 2. The minimum absolute atomic E-state index is 0.233. The predicted molar refractivity (Wildman–Crippen MR) is 129 cm³/mol. The Labute approximate surface area is 207 Å². The van der Waals surface area contributed by atoms with E-state index < -0.39 is 23.5 Å². The van der Waals surface area contributed by atoms with E-state index in [-0.39, 0.29) is 11.9 Å². The highest BCUT2D eigenvalue weighted by Gasteiger charge is 2.39. The topological polar surface area (TPSA) is 65.8 Å². The van der Waals surface area contributed by atoms with Crippen LogP contribution in [0.4, 0.5) is 9.18 Å². The summed E-state index contributed by atoms with van der Waals surface area (Å²) in [6.45, 7) is 12.6. The predicted octanol–water partition coefficient (Wildman–Crippen LogP) is 4.97. The third-order valence-corrected chi connectivity index (χ3v) is 6.88. The van der Waals surface area contributed by atoms with Gasteiger partial charge in [-0.2, -0.15) is 0 Å². The summed E-state index contributed by atoms with van der Waals surface area (Å²) < 4.78 is 36.1. The molecule has 2 aromatic rings. The smallest absolute Gasteiger partial charge is 0.411 e. The maximum absolute atomic E-state index is 16.0. The second-order valence-corrected chi connectivity index (χ2v) is 11.1. The molecule has 1 saturated heterocycles. The van der Waals surface area contributed by atoms with Crippen LogP contribution in [0.1, 0.15) is 63.3 Å². The van der Waals surface area contributed by atoms with E-state index in [1.54, 1.807) is 17.0 Å². The number of nitrogens with zero attached hydrogens (tertiary/aromatic N) is 3. The van der Waals surface area contributed by atoms with Crippen molar-refractivity contribution in [3.63, 3.8) is 0 Å². The molecule has 180 valence electrons. The zero-order valence-electron chi connectivity index (χ0n) is 19.9. The van der Waals surface area contributed by atoms with Gasteiger partial charge < -0.3 is 18.8 Å². The lowest BCUT2D eigenvalue weighted by molar-refractivity contribution is -0.138. The molecule has 9 heteroatoms. The minimum atomic E-state index is -0.687. The van der Waals surface area contributed by atoms with Crippen molar-refractivity contribution in [3.05, 3.63) is 50.4 Å². The number of ether oxygens (including phenoxy) is 3. The van der Waals surface area contributed by atoms with Crippen LogP contribution in [0.5, 0.6) is 0 Å². The Balaban J connectivity index is 1.73. The van der Waals surface area contributed by atoms with E-state index in [0.29, 0.717) is 43.1 Å². The SMILES string of the molecule is Cc1c(I)nc2n1CCN(C(=O)OC(C)(C)C)C2c1cccc(CC2COC(C)(C)O2)c1F. The first kappa shape index (κ1) is 24.4. The summed E-state index contributed by atoms with van der Waals surface area (Å²) in [4.78, 5) is 19.5. The molecule has 4 rings (SSSR count). The number of imidazole rings is 1. The van der Waals surface area contributed by atoms with Gasteiger partial charge in [-0.25, -0.2) is 14.2 Å². The lowest BCUT2D eigenvalue weighted by Crippen LogP contribution is -2.45. The number of carbonyl (C=O) groups excluding carboxylic acids is 1. The maximum Gasteiger partial charge on any atom is 0.411 e. The van der Waals surface area contributed by atoms with Crippen molar-refractivity contribution in [1.82, 2.24) is 14.5 Å². The number of hydrogen-bond donors (Lipinski definition) is 0. The van der Waals surface area contributed by atoms with E-state index in [1.165, 1.54) is 0 Å². The molecule has 0 bridgehead atoms. The fourth-order valence-corrected chi connectivity index (χ4v) is 4.93. The van der Waals surface area contributed by atoms with Crippen LogP contribution < -0.4 is 0 Å². The van der Waals surface area contributed by atoms with Gasteiger partial charge in [0.15, 0.2) is 5.79 Å². The van der Waals surface area contributed by atoms with Gasteiger partial charge in [0.25, 0.3) is 0 Å². The number of benzene rings is 1. The monoisotopic (exact) mass is 571 g/mol. The van der Waals surface area contributed by atoms with E-state index in [9.17, 15) is 4.79 Å². The van der Waals surface area contributed by atoms with Crippen LogP contribution in [0.2, 0.25) is 0 Å². The van der Waals surface area contributed by atoms with Crippen molar-refractivity contribution in [2.24, 2.45) is 0 Å². The average Bonchev–Trinajstić information content (AvgIpc) is 3.20. The van der Waals surface area contributed by atoms with Gasteiger partial charge in [0.05, 0.1) is 12.7 Å². The summed E-state index contributed by atoms with van der Waals surface area (Å²) in [6.07, 6.45) is -0.329. The van der Waals surface area contributed by atoms with Gasteiger partial charge >= 0.3 is 6.09 Å². The molecule has 0 N–H and O–H groups in total. The van der Waals surface area contributed by atoms with Crippen LogP contribution in [-0.4, -0.2) is 51.2 Å². The van der Waals surface area contributed by atoms with Crippen LogP contribution in [0.3, 0.4) is 0 Å². The largest absolute Gasteiger partial charge is 0.444 e. The summed E-state index contributed by atoms with van der Waals surface area (Å²) in [7, 11) is 0.